The third-order valence-electron chi connectivity index (χ3n) is 4.29. The molecule has 31 heavy (non-hydrogen) atoms. The molecule has 0 aliphatic rings. The van der Waals surface area contributed by atoms with E-state index in [0.29, 0.717) is 5.69 Å². The van der Waals surface area contributed by atoms with E-state index in [1.54, 1.807) is 7.11 Å². The molecule has 0 aliphatic carbocycles. The molecule has 1 heterocycles. The molecule has 0 fully saturated rings. The van der Waals surface area contributed by atoms with Crippen molar-refractivity contribution in [2.75, 3.05) is 26.6 Å². The van der Waals surface area contributed by atoms with Crippen molar-refractivity contribution in [2.24, 2.45) is 0 Å². The maximum Gasteiger partial charge on any atom is 0.337 e. The molecule has 1 N–H and O–H groups in total. The normalized spacial score (nSPS) is 10.3. The van der Waals surface area contributed by atoms with E-state index in [1.165, 1.54) is 43.8 Å². The second kappa shape index (κ2) is 9.86. The SMILES string of the molecule is COC(=O)c1cc(NC(=O)Cc2csc(-c3ccc(OC)cc3)n2)cc(C(=O)OC)c1. The lowest BCUT2D eigenvalue weighted by atomic mass is 10.1. The monoisotopic (exact) mass is 440 g/mol. The van der Waals surface area contributed by atoms with Crippen molar-refractivity contribution in [1.82, 2.24) is 4.98 Å². The van der Waals surface area contributed by atoms with Crippen molar-refractivity contribution in [3.63, 3.8) is 0 Å². The average molecular weight is 440 g/mol. The van der Waals surface area contributed by atoms with Gasteiger partial charge in [-0.2, -0.15) is 0 Å². The zero-order chi connectivity index (χ0) is 22.4. The Labute approximate surface area is 182 Å². The number of hydrogen-bond acceptors (Lipinski definition) is 8. The molecule has 0 saturated heterocycles. The Bertz CT molecular complexity index is 1070. The van der Waals surface area contributed by atoms with Gasteiger partial charge in [0.1, 0.15) is 10.8 Å². The summed E-state index contributed by atoms with van der Waals surface area (Å²) in [6.07, 6.45) is 0.0304. The van der Waals surface area contributed by atoms with Crippen LogP contribution in [0.4, 0.5) is 5.69 Å². The number of thiazole rings is 1. The molecule has 160 valence electrons. The predicted molar refractivity (Wildman–Crippen MR) is 116 cm³/mol. The highest BCUT2D eigenvalue weighted by molar-refractivity contribution is 7.13. The molecule has 0 unspecified atom stereocenters. The summed E-state index contributed by atoms with van der Waals surface area (Å²) in [5.74, 6) is -0.861. The first-order chi connectivity index (χ1) is 14.9. The van der Waals surface area contributed by atoms with Crippen LogP contribution in [-0.2, 0) is 20.7 Å². The number of carbonyl (C=O) groups is 3. The summed E-state index contributed by atoms with van der Waals surface area (Å²) in [7, 11) is 4.06. The number of hydrogen-bond donors (Lipinski definition) is 1. The number of rotatable bonds is 7. The van der Waals surface area contributed by atoms with Crippen LogP contribution in [0.5, 0.6) is 5.75 Å². The van der Waals surface area contributed by atoms with E-state index in [9.17, 15) is 14.4 Å². The summed E-state index contributed by atoms with van der Waals surface area (Å²) < 4.78 is 14.6. The Hall–Kier alpha value is -3.72. The van der Waals surface area contributed by atoms with Crippen LogP contribution in [-0.4, -0.2) is 44.2 Å². The number of aromatic nitrogens is 1. The van der Waals surface area contributed by atoms with Gasteiger partial charge in [0, 0.05) is 16.6 Å². The molecule has 0 saturated carbocycles. The minimum atomic E-state index is -0.634. The number of amides is 1. The average Bonchev–Trinajstić information content (AvgIpc) is 3.25. The summed E-state index contributed by atoms with van der Waals surface area (Å²) in [5.41, 5.74) is 2.04. The van der Waals surface area contributed by atoms with E-state index in [0.717, 1.165) is 16.3 Å². The number of nitrogens with one attached hydrogen (secondary N) is 1. The minimum absolute atomic E-state index is 0.0304. The third-order valence-corrected chi connectivity index (χ3v) is 5.23. The van der Waals surface area contributed by atoms with Crippen molar-refractivity contribution in [2.45, 2.75) is 6.42 Å². The molecule has 8 nitrogen and oxygen atoms in total. The zero-order valence-electron chi connectivity index (χ0n) is 17.1. The lowest BCUT2D eigenvalue weighted by Crippen LogP contribution is -2.16. The van der Waals surface area contributed by atoms with E-state index in [4.69, 9.17) is 14.2 Å². The van der Waals surface area contributed by atoms with Crippen LogP contribution in [0, 0.1) is 0 Å². The molecule has 0 aliphatic heterocycles. The van der Waals surface area contributed by atoms with E-state index >= 15 is 0 Å². The fourth-order valence-electron chi connectivity index (χ4n) is 2.80. The van der Waals surface area contributed by atoms with Crippen molar-refractivity contribution in [3.05, 3.63) is 64.7 Å². The smallest absolute Gasteiger partial charge is 0.337 e. The molecule has 3 aromatic rings. The van der Waals surface area contributed by atoms with Crippen molar-refractivity contribution < 1.29 is 28.6 Å². The van der Waals surface area contributed by atoms with Gasteiger partial charge in [0.15, 0.2) is 0 Å². The lowest BCUT2D eigenvalue weighted by Gasteiger charge is -2.09. The summed E-state index contributed by atoms with van der Waals surface area (Å²) in [6.45, 7) is 0. The Balaban J connectivity index is 1.74. The Morgan fingerprint density at radius 1 is 0.935 bits per heavy atom. The number of carbonyl (C=O) groups excluding carboxylic acids is 3. The van der Waals surface area contributed by atoms with E-state index in [1.807, 2.05) is 29.6 Å². The standard InChI is InChI=1S/C22H20N2O6S/c1-28-18-6-4-13(5-7-18)20-24-17(12-31-20)11-19(25)23-16-9-14(21(26)29-2)8-15(10-16)22(27)30-3/h4-10,12H,11H2,1-3H3,(H,23,25). The first-order valence-electron chi connectivity index (χ1n) is 9.14. The van der Waals surface area contributed by atoms with Crippen LogP contribution in [0.15, 0.2) is 47.8 Å². The molecular formula is C22H20N2O6S. The summed E-state index contributed by atoms with van der Waals surface area (Å²) in [5, 5.41) is 5.28. The Morgan fingerprint density at radius 3 is 2.10 bits per heavy atom. The summed E-state index contributed by atoms with van der Waals surface area (Å²) in [6, 6.07) is 11.7. The van der Waals surface area contributed by atoms with Crippen LogP contribution in [0.1, 0.15) is 26.4 Å². The van der Waals surface area contributed by atoms with Crippen molar-refractivity contribution in [1.29, 1.82) is 0 Å². The Kier molecular flexibility index (Phi) is 6.99. The van der Waals surface area contributed by atoms with Gasteiger partial charge in [0.2, 0.25) is 5.91 Å². The van der Waals surface area contributed by atoms with Crippen LogP contribution < -0.4 is 10.1 Å². The van der Waals surface area contributed by atoms with Gasteiger partial charge in [-0.3, -0.25) is 4.79 Å². The second-order valence-corrected chi connectivity index (χ2v) is 7.24. The second-order valence-electron chi connectivity index (χ2n) is 6.38. The lowest BCUT2D eigenvalue weighted by molar-refractivity contribution is -0.115. The van der Waals surface area contributed by atoms with Crippen molar-refractivity contribution >= 4 is 34.9 Å². The molecule has 0 bridgehead atoms. The number of ether oxygens (including phenoxy) is 3. The topological polar surface area (TPSA) is 104 Å². The van der Waals surface area contributed by atoms with Gasteiger partial charge in [-0.15, -0.1) is 11.3 Å². The Morgan fingerprint density at radius 2 is 1.55 bits per heavy atom. The van der Waals surface area contributed by atoms with Crippen LogP contribution >= 0.6 is 11.3 Å². The van der Waals surface area contributed by atoms with Crippen LogP contribution in [0.2, 0.25) is 0 Å². The third kappa shape index (κ3) is 5.46. The summed E-state index contributed by atoms with van der Waals surface area (Å²) in [4.78, 5) is 40.8. The maximum atomic E-state index is 12.5. The highest BCUT2D eigenvalue weighted by Crippen LogP contribution is 2.26. The highest BCUT2D eigenvalue weighted by Gasteiger charge is 2.16. The van der Waals surface area contributed by atoms with Crippen LogP contribution in [0.3, 0.4) is 0 Å². The number of benzene rings is 2. The first-order valence-corrected chi connectivity index (χ1v) is 10.0. The number of methoxy groups -OCH3 is 3. The molecule has 1 aromatic heterocycles. The van der Waals surface area contributed by atoms with Crippen LogP contribution in [0.25, 0.3) is 10.6 Å². The zero-order valence-corrected chi connectivity index (χ0v) is 17.9. The van der Waals surface area contributed by atoms with E-state index in [2.05, 4.69) is 10.3 Å². The molecule has 3 rings (SSSR count). The highest BCUT2D eigenvalue weighted by atomic mass is 32.1. The van der Waals surface area contributed by atoms with Gasteiger partial charge < -0.3 is 19.5 Å². The fraction of sp³-hybridized carbons (Fsp3) is 0.182. The van der Waals surface area contributed by atoms with Gasteiger partial charge in [-0.05, 0) is 42.5 Å². The van der Waals surface area contributed by atoms with Gasteiger partial charge in [-0.1, -0.05) is 0 Å². The van der Waals surface area contributed by atoms with Crippen molar-refractivity contribution in [3.8, 4) is 16.3 Å². The van der Waals surface area contributed by atoms with Gasteiger partial charge >= 0.3 is 11.9 Å². The minimum Gasteiger partial charge on any atom is -0.497 e. The summed E-state index contributed by atoms with van der Waals surface area (Å²) >= 11 is 1.43. The quantitative estimate of drug-likeness (QED) is 0.560. The van der Waals surface area contributed by atoms with E-state index in [-0.39, 0.29) is 29.1 Å². The molecule has 0 radical (unpaired) electrons. The first kappa shape index (κ1) is 22.0. The molecule has 0 spiro atoms. The predicted octanol–water partition coefficient (Wildman–Crippen LogP) is 3.57. The van der Waals surface area contributed by atoms with Gasteiger partial charge in [0.05, 0.1) is 44.6 Å². The van der Waals surface area contributed by atoms with Gasteiger partial charge in [0.25, 0.3) is 0 Å². The molecule has 9 heteroatoms. The van der Waals surface area contributed by atoms with Gasteiger partial charge in [-0.25, -0.2) is 14.6 Å². The number of anilines is 1. The molecule has 2 aromatic carbocycles. The van der Waals surface area contributed by atoms with E-state index < -0.39 is 11.9 Å². The number of nitrogens with zero attached hydrogens (tertiary/aromatic N) is 1. The largest absolute Gasteiger partial charge is 0.497 e. The molecule has 1 amide bonds. The molecule has 0 atom stereocenters. The fourth-order valence-corrected chi connectivity index (χ4v) is 3.62. The maximum absolute atomic E-state index is 12.5. The number of esters is 2. The molecular weight excluding hydrogens is 420 g/mol.